The van der Waals surface area contributed by atoms with Gasteiger partial charge in [0, 0.05) is 19.8 Å². The molecule has 0 aliphatic heterocycles. The zero-order chi connectivity index (χ0) is 12.3. The summed E-state index contributed by atoms with van der Waals surface area (Å²) in [6.07, 6.45) is 1.29. The first kappa shape index (κ1) is 13.0. The maximum absolute atomic E-state index is 9.39. The van der Waals surface area contributed by atoms with Crippen LogP contribution in [0.2, 0.25) is 0 Å². The number of rotatable bonds is 3. The van der Waals surface area contributed by atoms with E-state index in [4.69, 9.17) is 0 Å². The normalized spacial score (nSPS) is 13.6. The highest BCUT2D eigenvalue weighted by Gasteiger charge is 2.14. The summed E-state index contributed by atoms with van der Waals surface area (Å²) in [5.41, 5.74) is 1.10. The molecule has 0 bridgehead atoms. The molecule has 1 unspecified atom stereocenters. The summed E-state index contributed by atoms with van der Waals surface area (Å²) in [5.74, 6) is 0.944. The van der Waals surface area contributed by atoms with Crippen molar-refractivity contribution >= 4 is 5.82 Å². The van der Waals surface area contributed by atoms with Gasteiger partial charge in [-0.05, 0) is 24.0 Å². The Balaban J connectivity index is 2.74. The molecule has 1 rings (SSSR count). The van der Waals surface area contributed by atoms with Crippen LogP contribution in [-0.4, -0.2) is 23.7 Å². The number of nitrogens with zero attached hydrogens (tertiary/aromatic N) is 2. The van der Waals surface area contributed by atoms with Gasteiger partial charge < -0.3 is 10.0 Å². The summed E-state index contributed by atoms with van der Waals surface area (Å²) in [6.45, 7) is 9.30. The second-order valence-electron chi connectivity index (χ2n) is 5.54. The molecule has 1 atom stereocenters. The van der Waals surface area contributed by atoms with Crippen LogP contribution in [0.4, 0.5) is 5.82 Å². The molecule has 0 saturated carbocycles. The van der Waals surface area contributed by atoms with Crippen molar-refractivity contribution in [1.82, 2.24) is 4.98 Å². The first-order valence-electron chi connectivity index (χ1n) is 5.65. The Hall–Kier alpha value is -1.09. The average Bonchev–Trinajstić information content (AvgIpc) is 2.15. The molecular weight excluding hydrogens is 200 g/mol. The van der Waals surface area contributed by atoms with Gasteiger partial charge in [-0.1, -0.05) is 26.8 Å². The topological polar surface area (TPSA) is 36.4 Å². The molecule has 3 heteroatoms. The molecule has 1 aromatic rings. The standard InChI is InChI=1S/C13H22N2O/c1-10(16)11-6-7-12(14-8-11)15(5)9-13(2,3)4/h6-8,10,16H,9H2,1-5H3. The zero-order valence-corrected chi connectivity index (χ0v) is 10.9. The summed E-state index contributed by atoms with van der Waals surface area (Å²) >= 11 is 0. The van der Waals surface area contributed by atoms with Crippen molar-refractivity contribution in [3.05, 3.63) is 23.9 Å². The Morgan fingerprint density at radius 1 is 1.38 bits per heavy atom. The molecule has 0 aromatic carbocycles. The Labute approximate surface area is 98.1 Å². The fraction of sp³-hybridized carbons (Fsp3) is 0.615. The van der Waals surface area contributed by atoms with Gasteiger partial charge >= 0.3 is 0 Å². The molecule has 0 aliphatic carbocycles. The lowest BCUT2D eigenvalue weighted by Gasteiger charge is -2.27. The highest BCUT2D eigenvalue weighted by Crippen LogP contribution is 2.19. The second kappa shape index (κ2) is 4.83. The van der Waals surface area contributed by atoms with Crippen LogP contribution in [0, 0.1) is 5.41 Å². The van der Waals surface area contributed by atoms with Crippen LogP contribution < -0.4 is 4.90 Å². The highest BCUT2D eigenvalue weighted by atomic mass is 16.3. The molecule has 16 heavy (non-hydrogen) atoms. The number of aliphatic hydroxyl groups excluding tert-OH is 1. The quantitative estimate of drug-likeness (QED) is 0.854. The Morgan fingerprint density at radius 3 is 2.38 bits per heavy atom. The van der Waals surface area contributed by atoms with Crippen LogP contribution in [0.5, 0.6) is 0 Å². The van der Waals surface area contributed by atoms with Gasteiger partial charge in [-0.2, -0.15) is 0 Å². The third-order valence-corrected chi connectivity index (χ3v) is 2.36. The van der Waals surface area contributed by atoms with E-state index < -0.39 is 6.10 Å². The number of aromatic nitrogens is 1. The molecule has 3 nitrogen and oxygen atoms in total. The van der Waals surface area contributed by atoms with E-state index in [0.29, 0.717) is 0 Å². The number of anilines is 1. The number of pyridine rings is 1. The molecule has 90 valence electrons. The summed E-state index contributed by atoms with van der Waals surface area (Å²) in [6, 6.07) is 3.87. The van der Waals surface area contributed by atoms with Gasteiger partial charge in [0.15, 0.2) is 0 Å². The minimum atomic E-state index is -0.450. The summed E-state index contributed by atoms with van der Waals surface area (Å²) in [5, 5.41) is 9.39. The third-order valence-electron chi connectivity index (χ3n) is 2.36. The summed E-state index contributed by atoms with van der Waals surface area (Å²) in [4.78, 5) is 6.48. The summed E-state index contributed by atoms with van der Waals surface area (Å²) in [7, 11) is 2.04. The molecule has 0 spiro atoms. The fourth-order valence-electron chi connectivity index (χ4n) is 1.66. The van der Waals surface area contributed by atoms with Gasteiger partial charge in [0.05, 0.1) is 6.10 Å². The van der Waals surface area contributed by atoms with Crippen molar-refractivity contribution < 1.29 is 5.11 Å². The van der Waals surface area contributed by atoms with Crippen molar-refractivity contribution in [1.29, 1.82) is 0 Å². The molecule has 1 heterocycles. The van der Waals surface area contributed by atoms with Gasteiger partial charge in [0.1, 0.15) is 5.82 Å². The predicted molar refractivity (Wildman–Crippen MR) is 67.6 cm³/mol. The first-order chi connectivity index (χ1) is 7.29. The van der Waals surface area contributed by atoms with E-state index in [9.17, 15) is 5.11 Å². The Bertz CT molecular complexity index is 325. The molecule has 1 N–H and O–H groups in total. The first-order valence-corrected chi connectivity index (χ1v) is 5.65. The molecule has 0 amide bonds. The van der Waals surface area contributed by atoms with Gasteiger partial charge in [0.2, 0.25) is 0 Å². The van der Waals surface area contributed by atoms with Crippen molar-refractivity contribution in [2.24, 2.45) is 5.41 Å². The van der Waals surface area contributed by atoms with Crippen LogP contribution in [-0.2, 0) is 0 Å². The van der Waals surface area contributed by atoms with Crippen LogP contribution in [0.3, 0.4) is 0 Å². The van der Waals surface area contributed by atoms with E-state index in [1.807, 2.05) is 19.2 Å². The lowest BCUT2D eigenvalue weighted by atomic mass is 9.96. The Kier molecular flexibility index (Phi) is 3.92. The van der Waals surface area contributed by atoms with E-state index in [-0.39, 0.29) is 5.41 Å². The van der Waals surface area contributed by atoms with Crippen molar-refractivity contribution in [3.8, 4) is 0 Å². The second-order valence-corrected chi connectivity index (χ2v) is 5.54. The largest absolute Gasteiger partial charge is 0.389 e. The van der Waals surface area contributed by atoms with Gasteiger partial charge in [-0.15, -0.1) is 0 Å². The van der Waals surface area contributed by atoms with Crippen LogP contribution >= 0.6 is 0 Å². The lowest BCUT2D eigenvalue weighted by molar-refractivity contribution is 0.199. The van der Waals surface area contributed by atoms with Crippen LogP contribution in [0.1, 0.15) is 39.4 Å². The molecule has 0 fully saturated rings. The molecule has 1 aromatic heterocycles. The third kappa shape index (κ3) is 3.81. The van der Waals surface area contributed by atoms with Crippen LogP contribution in [0.25, 0.3) is 0 Å². The molecule has 0 saturated heterocycles. The van der Waals surface area contributed by atoms with Gasteiger partial charge in [-0.3, -0.25) is 0 Å². The smallest absolute Gasteiger partial charge is 0.128 e. The van der Waals surface area contributed by atoms with Crippen molar-refractivity contribution in [3.63, 3.8) is 0 Å². The van der Waals surface area contributed by atoms with E-state index in [2.05, 4.69) is 30.7 Å². The van der Waals surface area contributed by atoms with E-state index >= 15 is 0 Å². The average molecular weight is 222 g/mol. The minimum Gasteiger partial charge on any atom is -0.389 e. The minimum absolute atomic E-state index is 0.249. The SMILES string of the molecule is CC(O)c1ccc(N(C)CC(C)(C)C)nc1. The molecular formula is C13H22N2O. The van der Waals surface area contributed by atoms with E-state index in [1.165, 1.54) is 0 Å². The maximum Gasteiger partial charge on any atom is 0.128 e. The fourth-order valence-corrected chi connectivity index (χ4v) is 1.66. The lowest BCUT2D eigenvalue weighted by Crippen LogP contribution is -2.29. The molecule has 0 aliphatic rings. The van der Waals surface area contributed by atoms with E-state index in [0.717, 1.165) is 17.9 Å². The van der Waals surface area contributed by atoms with Crippen molar-refractivity contribution in [2.75, 3.05) is 18.5 Å². The predicted octanol–water partition coefficient (Wildman–Crippen LogP) is 2.62. The zero-order valence-electron chi connectivity index (χ0n) is 10.9. The van der Waals surface area contributed by atoms with Gasteiger partial charge in [0.25, 0.3) is 0 Å². The summed E-state index contributed by atoms with van der Waals surface area (Å²) < 4.78 is 0. The highest BCUT2D eigenvalue weighted by molar-refractivity contribution is 5.38. The van der Waals surface area contributed by atoms with E-state index in [1.54, 1.807) is 13.1 Å². The number of aliphatic hydroxyl groups is 1. The maximum atomic E-state index is 9.39. The number of hydrogen-bond donors (Lipinski definition) is 1. The molecule has 0 radical (unpaired) electrons. The van der Waals surface area contributed by atoms with Gasteiger partial charge in [-0.25, -0.2) is 4.98 Å². The van der Waals surface area contributed by atoms with Crippen LogP contribution in [0.15, 0.2) is 18.3 Å². The number of hydrogen-bond acceptors (Lipinski definition) is 3. The Morgan fingerprint density at radius 2 is 2.00 bits per heavy atom. The monoisotopic (exact) mass is 222 g/mol. The van der Waals surface area contributed by atoms with Crippen molar-refractivity contribution in [2.45, 2.75) is 33.8 Å².